The van der Waals surface area contributed by atoms with Crippen LogP contribution in [0.1, 0.15) is 50.2 Å². The second-order valence-corrected chi connectivity index (χ2v) is 7.30. The number of hydrogen-bond donors (Lipinski definition) is 1. The predicted molar refractivity (Wildman–Crippen MR) is 80.2 cm³/mol. The molecular weight excluding hydrogens is 254 g/mol. The molecule has 2 aliphatic carbocycles. The van der Waals surface area contributed by atoms with Gasteiger partial charge in [-0.15, -0.1) is 11.3 Å². The Balaban J connectivity index is 1.51. The molecule has 3 nitrogen and oxygen atoms in total. The van der Waals surface area contributed by atoms with Gasteiger partial charge in [-0.25, -0.2) is 4.98 Å². The van der Waals surface area contributed by atoms with Crippen molar-refractivity contribution in [1.29, 1.82) is 0 Å². The average molecular weight is 279 g/mol. The zero-order chi connectivity index (χ0) is 13.2. The second-order valence-electron chi connectivity index (χ2n) is 6.35. The van der Waals surface area contributed by atoms with Crippen LogP contribution in [0.25, 0.3) is 0 Å². The number of hydrogen-bond acceptors (Lipinski definition) is 4. The predicted octanol–water partition coefficient (Wildman–Crippen LogP) is 3.02. The third-order valence-electron chi connectivity index (χ3n) is 4.00. The first kappa shape index (κ1) is 13.5. The highest BCUT2D eigenvalue weighted by Crippen LogP contribution is 2.31. The lowest BCUT2D eigenvalue weighted by Gasteiger charge is -2.25. The molecular formula is C15H25N3S. The molecule has 1 aromatic heterocycles. The maximum Gasteiger partial charge on any atom is 0.107 e. The van der Waals surface area contributed by atoms with Crippen molar-refractivity contribution in [3.05, 3.63) is 16.1 Å². The lowest BCUT2D eigenvalue weighted by atomic mass is 10.2. The molecule has 0 saturated heterocycles. The van der Waals surface area contributed by atoms with E-state index < -0.39 is 0 Å². The molecule has 0 aromatic carbocycles. The highest BCUT2D eigenvalue weighted by Gasteiger charge is 2.26. The van der Waals surface area contributed by atoms with Crippen molar-refractivity contribution in [3.63, 3.8) is 0 Å². The highest BCUT2D eigenvalue weighted by atomic mass is 32.1. The molecule has 4 heteroatoms. The number of rotatable bonds is 8. The van der Waals surface area contributed by atoms with E-state index in [1.165, 1.54) is 42.9 Å². The molecule has 106 valence electrons. The standard InChI is InChI=1S/C15H25N3S/c1-11(2)18(8-12-3-4-12)9-14-10-19-15(17-14)7-16-13-5-6-13/h10-13,16H,3-9H2,1-2H3. The first-order chi connectivity index (χ1) is 9.20. The van der Waals surface area contributed by atoms with E-state index in [0.29, 0.717) is 6.04 Å². The highest BCUT2D eigenvalue weighted by molar-refractivity contribution is 7.09. The van der Waals surface area contributed by atoms with Gasteiger partial charge in [0.2, 0.25) is 0 Å². The maximum absolute atomic E-state index is 4.77. The van der Waals surface area contributed by atoms with E-state index in [1.54, 1.807) is 0 Å². The Morgan fingerprint density at radius 3 is 2.79 bits per heavy atom. The number of thiazole rings is 1. The molecule has 2 saturated carbocycles. The summed E-state index contributed by atoms with van der Waals surface area (Å²) in [7, 11) is 0. The SMILES string of the molecule is CC(C)N(Cc1csc(CNC2CC2)n1)CC1CC1. The maximum atomic E-state index is 4.77. The van der Waals surface area contributed by atoms with Gasteiger partial charge in [-0.1, -0.05) is 0 Å². The fourth-order valence-corrected chi connectivity index (χ4v) is 3.06. The quantitative estimate of drug-likeness (QED) is 0.793. The van der Waals surface area contributed by atoms with Gasteiger partial charge in [0.1, 0.15) is 5.01 Å². The van der Waals surface area contributed by atoms with Crippen LogP contribution in [0, 0.1) is 5.92 Å². The van der Waals surface area contributed by atoms with Crippen LogP contribution < -0.4 is 5.32 Å². The van der Waals surface area contributed by atoms with Gasteiger partial charge < -0.3 is 5.32 Å². The van der Waals surface area contributed by atoms with E-state index in [0.717, 1.165) is 25.0 Å². The van der Waals surface area contributed by atoms with E-state index in [4.69, 9.17) is 4.98 Å². The van der Waals surface area contributed by atoms with E-state index in [-0.39, 0.29) is 0 Å². The summed E-state index contributed by atoms with van der Waals surface area (Å²) in [6, 6.07) is 1.39. The van der Waals surface area contributed by atoms with Crippen LogP contribution >= 0.6 is 11.3 Å². The first-order valence-electron chi connectivity index (χ1n) is 7.61. The summed E-state index contributed by atoms with van der Waals surface area (Å²) in [5.74, 6) is 0.956. The van der Waals surface area contributed by atoms with Gasteiger partial charge in [-0.2, -0.15) is 0 Å². The summed E-state index contributed by atoms with van der Waals surface area (Å²) < 4.78 is 0. The minimum atomic E-state index is 0.621. The molecule has 3 rings (SSSR count). The Labute approximate surface area is 120 Å². The molecule has 1 N–H and O–H groups in total. The van der Waals surface area contributed by atoms with Gasteiger partial charge in [-0.05, 0) is 45.4 Å². The van der Waals surface area contributed by atoms with Crippen molar-refractivity contribution in [2.45, 2.75) is 64.7 Å². The van der Waals surface area contributed by atoms with Gasteiger partial charge in [0.05, 0.1) is 5.69 Å². The molecule has 2 aliphatic rings. The number of nitrogens with one attached hydrogen (secondary N) is 1. The monoisotopic (exact) mass is 279 g/mol. The molecule has 2 fully saturated rings. The largest absolute Gasteiger partial charge is 0.308 e. The first-order valence-corrected chi connectivity index (χ1v) is 8.49. The molecule has 1 aromatic rings. The smallest absolute Gasteiger partial charge is 0.107 e. The van der Waals surface area contributed by atoms with Crippen LogP contribution in [0.4, 0.5) is 0 Å². The van der Waals surface area contributed by atoms with Gasteiger partial charge in [0, 0.05) is 37.1 Å². The average Bonchev–Trinajstić information content (AvgIpc) is 3.28. The molecule has 0 bridgehead atoms. The summed E-state index contributed by atoms with van der Waals surface area (Å²) in [5.41, 5.74) is 1.26. The zero-order valence-electron chi connectivity index (χ0n) is 12.1. The molecule has 0 aliphatic heterocycles. The summed E-state index contributed by atoms with van der Waals surface area (Å²) >= 11 is 1.81. The number of aromatic nitrogens is 1. The van der Waals surface area contributed by atoms with Gasteiger partial charge in [0.25, 0.3) is 0 Å². The van der Waals surface area contributed by atoms with E-state index >= 15 is 0 Å². The fourth-order valence-electron chi connectivity index (χ4n) is 2.32. The molecule has 0 radical (unpaired) electrons. The summed E-state index contributed by atoms with van der Waals surface area (Å²) in [6.45, 7) is 7.83. The third-order valence-corrected chi connectivity index (χ3v) is 4.90. The normalized spacial score (nSPS) is 19.6. The molecule has 0 atom stereocenters. The van der Waals surface area contributed by atoms with Crippen LogP contribution in [0.15, 0.2) is 5.38 Å². The van der Waals surface area contributed by atoms with Crippen molar-refractivity contribution < 1.29 is 0 Å². The third kappa shape index (κ3) is 4.26. The molecule has 19 heavy (non-hydrogen) atoms. The van der Waals surface area contributed by atoms with E-state index in [9.17, 15) is 0 Å². The minimum absolute atomic E-state index is 0.621. The van der Waals surface area contributed by atoms with Crippen LogP contribution in [0.3, 0.4) is 0 Å². The Morgan fingerprint density at radius 1 is 1.37 bits per heavy atom. The van der Waals surface area contributed by atoms with Crippen LogP contribution in [0.5, 0.6) is 0 Å². The Morgan fingerprint density at radius 2 is 2.16 bits per heavy atom. The topological polar surface area (TPSA) is 28.2 Å². The van der Waals surface area contributed by atoms with E-state index in [2.05, 4.69) is 29.4 Å². The fraction of sp³-hybridized carbons (Fsp3) is 0.800. The van der Waals surface area contributed by atoms with Crippen LogP contribution in [0.2, 0.25) is 0 Å². The summed E-state index contributed by atoms with van der Waals surface area (Å²) in [5, 5.41) is 7.03. The van der Waals surface area contributed by atoms with Crippen molar-refractivity contribution in [3.8, 4) is 0 Å². The van der Waals surface area contributed by atoms with Crippen molar-refractivity contribution in [2.75, 3.05) is 6.54 Å². The van der Waals surface area contributed by atoms with Crippen molar-refractivity contribution >= 4 is 11.3 Å². The minimum Gasteiger partial charge on any atom is -0.308 e. The zero-order valence-corrected chi connectivity index (χ0v) is 12.9. The Kier molecular flexibility index (Phi) is 4.20. The lowest BCUT2D eigenvalue weighted by molar-refractivity contribution is 0.201. The van der Waals surface area contributed by atoms with E-state index in [1.807, 2.05) is 11.3 Å². The van der Waals surface area contributed by atoms with Gasteiger partial charge in [-0.3, -0.25) is 4.90 Å². The summed E-state index contributed by atoms with van der Waals surface area (Å²) in [4.78, 5) is 7.35. The second kappa shape index (κ2) is 5.90. The van der Waals surface area contributed by atoms with Gasteiger partial charge in [0.15, 0.2) is 0 Å². The lowest BCUT2D eigenvalue weighted by Crippen LogP contribution is -2.32. The molecule has 1 heterocycles. The van der Waals surface area contributed by atoms with Gasteiger partial charge >= 0.3 is 0 Å². The summed E-state index contributed by atoms with van der Waals surface area (Å²) in [6.07, 6.45) is 5.55. The Hall–Kier alpha value is -0.450. The van der Waals surface area contributed by atoms with Crippen LogP contribution in [-0.4, -0.2) is 28.5 Å². The van der Waals surface area contributed by atoms with Crippen molar-refractivity contribution in [2.24, 2.45) is 5.92 Å². The number of nitrogens with zero attached hydrogens (tertiary/aromatic N) is 2. The van der Waals surface area contributed by atoms with Crippen LogP contribution in [-0.2, 0) is 13.1 Å². The van der Waals surface area contributed by atoms with Crippen molar-refractivity contribution in [1.82, 2.24) is 15.2 Å². The Bertz CT molecular complexity index is 407. The molecule has 0 spiro atoms. The molecule has 0 amide bonds. The molecule has 0 unspecified atom stereocenters.